The summed E-state index contributed by atoms with van der Waals surface area (Å²) >= 11 is 1.33. The number of nitrogens with zero attached hydrogens (tertiary/aromatic N) is 4. The van der Waals surface area contributed by atoms with Crippen molar-refractivity contribution in [3.8, 4) is 0 Å². The van der Waals surface area contributed by atoms with Crippen LogP contribution in [0.4, 0.5) is 5.69 Å². The molecule has 0 fully saturated rings. The molecule has 3 aromatic carbocycles. The summed E-state index contributed by atoms with van der Waals surface area (Å²) in [5.74, 6) is 0.821. The van der Waals surface area contributed by atoms with Gasteiger partial charge in [0.15, 0.2) is 5.16 Å². The van der Waals surface area contributed by atoms with Gasteiger partial charge in [0.05, 0.1) is 16.2 Å². The van der Waals surface area contributed by atoms with Crippen molar-refractivity contribution in [2.75, 3.05) is 5.32 Å². The van der Waals surface area contributed by atoms with Crippen molar-refractivity contribution in [2.24, 2.45) is 5.92 Å². The van der Waals surface area contributed by atoms with E-state index in [1.807, 2.05) is 78.1 Å². The Morgan fingerprint density at radius 1 is 0.943 bits per heavy atom. The molecule has 5 aromatic rings. The molecule has 1 atom stereocenters. The lowest BCUT2D eigenvalue weighted by Gasteiger charge is -2.14. The van der Waals surface area contributed by atoms with E-state index < -0.39 is 5.25 Å². The highest BCUT2D eigenvalue weighted by molar-refractivity contribution is 8.00. The normalized spacial score (nSPS) is 12.6. The van der Waals surface area contributed by atoms with Crippen LogP contribution < -0.4 is 10.9 Å². The van der Waals surface area contributed by atoms with Gasteiger partial charge in [-0.2, -0.15) is 0 Å². The van der Waals surface area contributed by atoms with Crippen LogP contribution in [0, 0.1) is 5.92 Å². The maximum absolute atomic E-state index is 13.2. The molecule has 8 heteroatoms. The van der Waals surface area contributed by atoms with Gasteiger partial charge in [-0.15, -0.1) is 10.2 Å². The summed E-state index contributed by atoms with van der Waals surface area (Å²) in [6.45, 7) is 6.67. The highest BCUT2D eigenvalue weighted by Crippen LogP contribution is 2.28. The largest absolute Gasteiger partial charge is 0.325 e. The van der Waals surface area contributed by atoms with Crippen molar-refractivity contribution in [3.05, 3.63) is 77.1 Å². The van der Waals surface area contributed by atoms with Crippen LogP contribution in [-0.2, 0) is 11.3 Å². The van der Waals surface area contributed by atoms with E-state index in [-0.39, 0.29) is 11.5 Å². The maximum Gasteiger partial charge on any atom is 0.262 e. The summed E-state index contributed by atoms with van der Waals surface area (Å²) in [5.41, 5.74) is 1.45. The monoisotopic (exact) mass is 485 g/mol. The Hall–Kier alpha value is -3.65. The number of hydrogen-bond acceptors (Lipinski definition) is 5. The smallest absolute Gasteiger partial charge is 0.262 e. The topological polar surface area (TPSA) is 81.3 Å². The molecule has 35 heavy (non-hydrogen) atoms. The molecule has 0 bridgehead atoms. The van der Waals surface area contributed by atoms with Gasteiger partial charge in [0.25, 0.3) is 5.56 Å². The second-order valence-corrected chi connectivity index (χ2v) is 10.4. The van der Waals surface area contributed by atoms with Gasteiger partial charge in [-0.1, -0.05) is 74.1 Å². The Balaban J connectivity index is 1.49. The zero-order chi connectivity index (χ0) is 24.5. The van der Waals surface area contributed by atoms with E-state index in [1.165, 1.54) is 11.8 Å². The Bertz CT molecular complexity index is 1600. The van der Waals surface area contributed by atoms with Gasteiger partial charge >= 0.3 is 0 Å². The third kappa shape index (κ3) is 4.41. The van der Waals surface area contributed by atoms with Crippen molar-refractivity contribution in [3.63, 3.8) is 0 Å². The fourth-order valence-electron chi connectivity index (χ4n) is 4.18. The van der Waals surface area contributed by atoms with Crippen molar-refractivity contribution in [1.82, 2.24) is 19.2 Å². The molecular formula is C27H27N5O2S. The lowest BCUT2D eigenvalue weighted by Crippen LogP contribution is -2.25. The van der Waals surface area contributed by atoms with Gasteiger partial charge in [-0.05, 0) is 42.8 Å². The number of hydrogen-bond donors (Lipinski definition) is 1. The average Bonchev–Trinajstić information content (AvgIpc) is 3.27. The first-order valence-corrected chi connectivity index (χ1v) is 12.6. The van der Waals surface area contributed by atoms with Gasteiger partial charge in [-0.3, -0.25) is 18.6 Å². The number of aryl methyl sites for hydroxylation is 1. The van der Waals surface area contributed by atoms with Crippen molar-refractivity contribution in [1.29, 1.82) is 0 Å². The highest BCUT2D eigenvalue weighted by Gasteiger charge is 2.22. The average molecular weight is 486 g/mol. The number of benzene rings is 3. The minimum absolute atomic E-state index is 0.0700. The van der Waals surface area contributed by atoms with Crippen LogP contribution in [0.1, 0.15) is 27.2 Å². The number of aromatic nitrogens is 4. The molecule has 178 valence electrons. The molecule has 1 unspecified atom stereocenters. The number of thioether (sulfide) groups is 1. The van der Waals surface area contributed by atoms with Gasteiger partial charge in [-0.25, -0.2) is 0 Å². The van der Waals surface area contributed by atoms with Crippen LogP contribution in [0.25, 0.3) is 27.5 Å². The molecule has 2 heterocycles. The second-order valence-electron chi connectivity index (χ2n) is 9.05. The molecule has 5 rings (SSSR count). The highest BCUT2D eigenvalue weighted by atomic mass is 32.2. The van der Waals surface area contributed by atoms with E-state index in [4.69, 9.17) is 0 Å². The van der Waals surface area contributed by atoms with Crippen molar-refractivity contribution < 1.29 is 4.79 Å². The lowest BCUT2D eigenvalue weighted by atomic mass is 10.1. The summed E-state index contributed by atoms with van der Waals surface area (Å²) in [6, 6.07) is 21.3. The summed E-state index contributed by atoms with van der Waals surface area (Å²) in [4.78, 5) is 26.4. The predicted octanol–water partition coefficient (Wildman–Crippen LogP) is 5.36. The number of amides is 1. The van der Waals surface area contributed by atoms with Gasteiger partial charge in [0.1, 0.15) is 0 Å². The number of carbonyl (C=O) groups is 1. The third-order valence-corrected chi connectivity index (χ3v) is 7.15. The zero-order valence-electron chi connectivity index (χ0n) is 19.9. The van der Waals surface area contributed by atoms with Crippen LogP contribution >= 0.6 is 11.8 Å². The molecule has 1 N–H and O–H groups in total. The number of nitrogens with one attached hydrogen (secondary N) is 1. The van der Waals surface area contributed by atoms with Crippen molar-refractivity contribution >= 4 is 50.8 Å². The third-order valence-electron chi connectivity index (χ3n) is 6.11. The summed E-state index contributed by atoms with van der Waals surface area (Å²) in [6.07, 6.45) is 0.854. The van der Waals surface area contributed by atoms with E-state index in [0.29, 0.717) is 28.8 Å². The summed E-state index contributed by atoms with van der Waals surface area (Å²) in [7, 11) is 0. The number of rotatable bonds is 7. The Labute approximate surface area is 207 Å². The van der Waals surface area contributed by atoms with Crippen LogP contribution in [0.15, 0.2) is 76.7 Å². The van der Waals surface area contributed by atoms with Gasteiger partial charge < -0.3 is 5.32 Å². The van der Waals surface area contributed by atoms with Crippen LogP contribution in [0.2, 0.25) is 0 Å². The molecule has 0 saturated carbocycles. The van der Waals surface area contributed by atoms with E-state index in [9.17, 15) is 9.59 Å². The Kier molecular flexibility index (Phi) is 6.30. The standard InChI is InChI=1S/C27H27N5O2S/c1-17(2)15-16-31-25(34)21-12-6-7-14-23(21)32-26(31)29-30-27(32)35-18(3)24(33)28-22-13-8-10-19-9-4-5-11-20(19)22/h4-14,17-18H,15-16H2,1-3H3,(H,28,33). The van der Waals surface area contributed by atoms with Crippen LogP contribution in [0.5, 0.6) is 0 Å². The fraction of sp³-hybridized carbons (Fsp3) is 0.259. The van der Waals surface area contributed by atoms with E-state index >= 15 is 0 Å². The van der Waals surface area contributed by atoms with Crippen molar-refractivity contribution in [2.45, 2.75) is 44.1 Å². The first kappa shape index (κ1) is 23.1. The molecule has 0 aliphatic carbocycles. The van der Waals surface area contributed by atoms with E-state index in [1.54, 1.807) is 4.57 Å². The zero-order valence-corrected chi connectivity index (χ0v) is 20.7. The summed E-state index contributed by atoms with van der Waals surface area (Å²) < 4.78 is 3.59. The van der Waals surface area contributed by atoms with Gasteiger partial charge in [0.2, 0.25) is 11.7 Å². The molecular weight excluding hydrogens is 458 g/mol. The van der Waals surface area contributed by atoms with E-state index in [2.05, 4.69) is 29.4 Å². The van der Waals surface area contributed by atoms with E-state index in [0.717, 1.165) is 28.4 Å². The number of fused-ring (bicyclic) bond motifs is 4. The quantitative estimate of drug-likeness (QED) is 0.314. The van der Waals surface area contributed by atoms with Crippen LogP contribution in [0.3, 0.4) is 0 Å². The lowest BCUT2D eigenvalue weighted by molar-refractivity contribution is -0.115. The summed E-state index contributed by atoms with van der Waals surface area (Å²) in [5, 5.41) is 14.6. The SMILES string of the molecule is CC(C)CCn1c(=O)c2ccccc2n2c(SC(C)C(=O)Nc3cccc4ccccc34)nnc12. The molecule has 0 spiro atoms. The minimum atomic E-state index is -0.434. The molecule has 7 nitrogen and oxygen atoms in total. The molecule has 2 aromatic heterocycles. The Morgan fingerprint density at radius 3 is 2.46 bits per heavy atom. The number of anilines is 1. The molecule has 0 aliphatic heterocycles. The number of para-hydroxylation sites is 1. The fourth-order valence-corrected chi connectivity index (χ4v) is 5.03. The second kappa shape index (κ2) is 9.54. The first-order valence-electron chi connectivity index (χ1n) is 11.8. The number of carbonyl (C=O) groups excluding carboxylic acids is 1. The maximum atomic E-state index is 13.2. The Morgan fingerprint density at radius 2 is 1.66 bits per heavy atom. The van der Waals surface area contributed by atoms with Crippen LogP contribution in [-0.4, -0.2) is 30.3 Å². The molecule has 0 aliphatic rings. The molecule has 0 radical (unpaired) electrons. The van der Waals surface area contributed by atoms with Gasteiger partial charge in [0, 0.05) is 17.6 Å². The molecule has 0 saturated heterocycles. The first-order chi connectivity index (χ1) is 16.9. The molecule has 1 amide bonds. The minimum Gasteiger partial charge on any atom is -0.325 e. The predicted molar refractivity (Wildman–Crippen MR) is 142 cm³/mol.